The zero-order valence-electron chi connectivity index (χ0n) is 8.07. The normalized spacial score (nSPS) is 24.5. The summed E-state index contributed by atoms with van der Waals surface area (Å²) in [5.74, 6) is 0.621. The van der Waals surface area contributed by atoms with E-state index in [4.69, 9.17) is 0 Å². The van der Waals surface area contributed by atoms with Crippen LogP contribution in [0, 0.1) is 0 Å². The van der Waals surface area contributed by atoms with Crippen LogP contribution in [0.1, 0.15) is 12.0 Å². The third kappa shape index (κ3) is 3.27. The second-order valence-corrected chi connectivity index (χ2v) is 8.26. The van der Waals surface area contributed by atoms with Crippen molar-refractivity contribution in [3.05, 3.63) is 20.8 Å². The minimum Gasteiger partial charge on any atom is -0.309 e. The fourth-order valence-corrected chi connectivity index (χ4v) is 4.57. The first kappa shape index (κ1) is 11.6. The summed E-state index contributed by atoms with van der Waals surface area (Å²) in [5.41, 5.74) is 1.20. The minimum absolute atomic E-state index is 0.133. The average molecular weight is 310 g/mol. The van der Waals surface area contributed by atoms with Gasteiger partial charge in [0, 0.05) is 12.6 Å². The van der Waals surface area contributed by atoms with Gasteiger partial charge in [0.1, 0.15) is 0 Å². The number of hydrogen-bond donors (Lipinski definition) is 1. The number of rotatable bonds is 3. The van der Waals surface area contributed by atoms with Crippen LogP contribution < -0.4 is 5.32 Å². The SMILES string of the molecule is O=S1(=O)CC[C@H](NCc2csc(Br)c2)C1. The molecule has 3 nitrogen and oxygen atoms in total. The molecule has 1 atom stereocenters. The first-order chi connectivity index (χ1) is 7.05. The number of hydrogen-bond acceptors (Lipinski definition) is 4. The highest BCUT2D eigenvalue weighted by atomic mass is 79.9. The predicted molar refractivity (Wildman–Crippen MR) is 65.9 cm³/mol. The molecule has 2 heterocycles. The van der Waals surface area contributed by atoms with Crippen LogP contribution in [0.5, 0.6) is 0 Å². The second kappa shape index (κ2) is 4.53. The van der Waals surface area contributed by atoms with E-state index in [2.05, 4.69) is 32.7 Å². The van der Waals surface area contributed by atoms with E-state index in [9.17, 15) is 8.42 Å². The van der Waals surface area contributed by atoms with E-state index in [0.29, 0.717) is 5.75 Å². The third-order valence-corrected chi connectivity index (χ3v) is 5.77. The fourth-order valence-electron chi connectivity index (χ4n) is 1.66. The van der Waals surface area contributed by atoms with E-state index in [1.807, 2.05) is 0 Å². The second-order valence-electron chi connectivity index (χ2n) is 3.74. The molecule has 84 valence electrons. The summed E-state index contributed by atoms with van der Waals surface area (Å²) in [7, 11) is -2.76. The molecule has 6 heteroatoms. The highest BCUT2D eigenvalue weighted by molar-refractivity contribution is 9.11. The predicted octanol–water partition coefficient (Wildman–Crippen LogP) is 1.79. The molecule has 1 saturated heterocycles. The van der Waals surface area contributed by atoms with Crippen molar-refractivity contribution in [2.24, 2.45) is 0 Å². The Morgan fingerprint density at radius 1 is 1.60 bits per heavy atom. The van der Waals surface area contributed by atoms with Crippen LogP contribution in [-0.2, 0) is 16.4 Å². The van der Waals surface area contributed by atoms with Gasteiger partial charge >= 0.3 is 0 Å². The molecule has 1 aliphatic heterocycles. The lowest BCUT2D eigenvalue weighted by Crippen LogP contribution is -2.29. The largest absolute Gasteiger partial charge is 0.309 e. The number of nitrogens with one attached hydrogen (secondary N) is 1. The van der Waals surface area contributed by atoms with Crippen molar-refractivity contribution in [2.45, 2.75) is 19.0 Å². The summed E-state index contributed by atoms with van der Waals surface area (Å²) in [6.07, 6.45) is 0.744. The zero-order chi connectivity index (χ0) is 10.9. The van der Waals surface area contributed by atoms with Gasteiger partial charge in [0.2, 0.25) is 0 Å². The lowest BCUT2D eigenvalue weighted by Gasteiger charge is -2.08. The molecular formula is C9H12BrNO2S2. The van der Waals surface area contributed by atoms with Gasteiger partial charge < -0.3 is 5.32 Å². The number of halogens is 1. The van der Waals surface area contributed by atoms with Crippen molar-refractivity contribution in [3.8, 4) is 0 Å². The topological polar surface area (TPSA) is 46.2 Å². The van der Waals surface area contributed by atoms with E-state index in [0.717, 1.165) is 16.8 Å². The van der Waals surface area contributed by atoms with Crippen molar-refractivity contribution in [1.82, 2.24) is 5.32 Å². The average Bonchev–Trinajstić information content (AvgIpc) is 2.69. The molecule has 1 aromatic heterocycles. The molecule has 15 heavy (non-hydrogen) atoms. The highest BCUT2D eigenvalue weighted by Gasteiger charge is 2.27. The Labute approximate surface area is 102 Å². The van der Waals surface area contributed by atoms with Crippen molar-refractivity contribution in [1.29, 1.82) is 0 Å². The molecule has 0 saturated carbocycles. The Hall–Kier alpha value is 0.0900. The lowest BCUT2D eigenvalue weighted by molar-refractivity contribution is 0.554. The van der Waals surface area contributed by atoms with Gasteiger partial charge in [0.05, 0.1) is 15.3 Å². The van der Waals surface area contributed by atoms with Crippen LogP contribution in [0.15, 0.2) is 15.2 Å². The maximum Gasteiger partial charge on any atom is 0.151 e. The fraction of sp³-hybridized carbons (Fsp3) is 0.556. The smallest absolute Gasteiger partial charge is 0.151 e. The first-order valence-electron chi connectivity index (χ1n) is 4.72. The quantitative estimate of drug-likeness (QED) is 0.926. The highest BCUT2D eigenvalue weighted by Crippen LogP contribution is 2.21. The molecule has 1 fully saturated rings. The molecule has 0 aliphatic carbocycles. The Balaban J connectivity index is 1.85. The van der Waals surface area contributed by atoms with E-state index in [1.165, 1.54) is 5.56 Å². The van der Waals surface area contributed by atoms with Crippen LogP contribution in [0.4, 0.5) is 0 Å². The number of sulfone groups is 1. The van der Waals surface area contributed by atoms with E-state index < -0.39 is 9.84 Å². The van der Waals surface area contributed by atoms with E-state index >= 15 is 0 Å². The molecular weight excluding hydrogens is 298 g/mol. The van der Waals surface area contributed by atoms with Gasteiger partial charge in [0.25, 0.3) is 0 Å². The van der Waals surface area contributed by atoms with Gasteiger partial charge in [-0.2, -0.15) is 0 Å². The van der Waals surface area contributed by atoms with Gasteiger partial charge in [0.15, 0.2) is 9.84 Å². The van der Waals surface area contributed by atoms with Crippen LogP contribution in [0.3, 0.4) is 0 Å². The molecule has 2 rings (SSSR count). The summed E-state index contributed by atoms with van der Waals surface area (Å²) in [6, 6.07) is 2.19. The molecule has 0 radical (unpaired) electrons. The van der Waals surface area contributed by atoms with Crippen LogP contribution in [0.2, 0.25) is 0 Å². The van der Waals surface area contributed by atoms with Crippen LogP contribution >= 0.6 is 27.3 Å². The maximum atomic E-state index is 11.2. The molecule has 1 aromatic rings. The van der Waals surface area contributed by atoms with Gasteiger partial charge in [-0.15, -0.1) is 11.3 Å². The lowest BCUT2D eigenvalue weighted by atomic mass is 10.2. The summed E-state index contributed by atoms with van der Waals surface area (Å²) in [4.78, 5) is 0. The van der Waals surface area contributed by atoms with Gasteiger partial charge in [-0.25, -0.2) is 8.42 Å². The molecule has 1 aliphatic rings. The Kier molecular flexibility index (Phi) is 3.49. The maximum absolute atomic E-state index is 11.2. The molecule has 0 bridgehead atoms. The Bertz CT molecular complexity index is 441. The van der Waals surface area contributed by atoms with E-state index in [-0.39, 0.29) is 11.8 Å². The molecule has 1 N–H and O–H groups in total. The van der Waals surface area contributed by atoms with Crippen molar-refractivity contribution in [2.75, 3.05) is 11.5 Å². The first-order valence-corrected chi connectivity index (χ1v) is 8.21. The van der Waals surface area contributed by atoms with Gasteiger partial charge in [-0.1, -0.05) is 0 Å². The molecule has 0 amide bonds. The monoisotopic (exact) mass is 309 g/mol. The summed E-state index contributed by atoms with van der Waals surface area (Å²) in [6.45, 7) is 0.752. The zero-order valence-corrected chi connectivity index (χ0v) is 11.3. The Morgan fingerprint density at radius 2 is 2.40 bits per heavy atom. The van der Waals surface area contributed by atoms with Crippen LogP contribution in [0.25, 0.3) is 0 Å². The molecule has 0 spiro atoms. The van der Waals surface area contributed by atoms with Crippen molar-refractivity contribution < 1.29 is 8.42 Å². The van der Waals surface area contributed by atoms with Crippen LogP contribution in [-0.4, -0.2) is 26.0 Å². The Morgan fingerprint density at radius 3 is 2.93 bits per heavy atom. The molecule has 0 unspecified atom stereocenters. The molecule has 0 aromatic carbocycles. The van der Waals surface area contributed by atoms with Gasteiger partial charge in [-0.05, 0) is 39.4 Å². The van der Waals surface area contributed by atoms with Gasteiger partial charge in [-0.3, -0.25) is 0 Å². The summed E-state index contributed by atoms with van der Waals surface area (Å²) >= 11 is 5.04. The minimum atomic E-state index is -2.76. The standard InChI is InChI=1S/C9H12BrNO2S2/c10-9-3-7(5-14-9)4-11-8-1-2-15(12,13)6-8/h3,5,8,11H,1-2,4,6H2/t8-/m0/s1. The number of thiophene rings is 1. The third-order valence-electron chi connectivity index (χ3n) is 2.45. The van der Waals surface area contributed by atoms with Crippen molar-refractivity contribution >= 4 is 37.1 Å². The van der Waals surface area contributed by atoms with Crippen molar-refractivity contribution in [3.63, 3.8) is 0 Å². The summed E-state index contributed by atoms with van der Waals surface area (Å²) in [5, 5.41) is 5.34. The summed E-state index contributed by atoms with van der Waals surface area (Å²) < 4.78 is 23.5. The van der Waals surface area contributed by atoms with E-state index in [1.54, 1.807) is 11.3 Å².